The Bertz CT molecular complexity index is 506. The fourth-order valence-electron chi connectivity index (χ4n) is 2.79. The summed E-state index contributed by atoms with van der Waals surface area (Å²) < 4.78 is 18.7. The predicted octanol–water partition coefficient (Wildman–Crippen LogP) is 3.48. The predicted molar refractivity (Wildman–Crippen MR) is 80.3 cm³/mol. The second-order valence-corrected chi connectivity index (χ2v) is 5.42. The molecule has 1 aromatic carbocycles. The Morgan fingerprint density at radius 1 is 1.38 bits per heavy atom. The molecule has 0 saturated carbocycles. The Balaban J connectivity index is 3.44. The summed E-state index contributed by atoms with van der Waals surface area (Å²) >= 11 is 0. The average molecular weight is 298 g/mol. The number of nitro benzene ring substituents is 1. The van der Waals surface area contributed by atoms with Crippen LogP contribution in [0.25, 0.3) is 0 Å². The van der Waals surface area contributed by atoms with Gasteiger partial charge in [0.1, 0.15) is 0 Å². The highest BCUT2D eigenvalue weighted by atomic mass is 19.1. The van der Waals surface area contributed by atoms with Crippen molar-refractivity contribution in [3.8, 4) is 5.75 Å². The van der Waals surface area contributed by atoms with Gasteiger partial charge in [0.05, 0.1) is 18.1 Å². The fraction of sp³-hybridized carbons (Fsp3) is 0.600. The normalized spacial score (nSPS) is 14.0. The third-order valence-corrected chi connectivity index (χ3v) is 3.64. The first kappa shape index (κ1) is 17.4. The van der Waals surface area contributed by atoms with Crippen LogP contribution in [0.4, 0.5) is 10.1 Å². The van der Waals surface area contributed by atoms with E-state index in [1.807, 2.05) is 27.7 Å². The molecule has 0 saturated heterocycles. The number of methoxy groups -OCH3 is 1. The largest absolute Gasteiger partial charge is 0.494 e. The van der Waals surface area contributed by atoms with Gasteiger partial charge in [0.15, 0.2) is 11.6 Å². The Morgan fingerprint density at radius 3 is 2.43 bits per heavy atom. The van der Waals surface area contributed by atoms with E-state index in [0.717, 1.165) is 12.6 Å². The van der Waals surface area contributed by atoms with Crippen LogP contribution in [0.5, 0.6) is 5.75 Å². The molecule has 5 nitrogen and oxygen atoms in total. The van der Waals surface area contributed by atoms with Crippen molar-refractivity contribution in [1.29, 1.82) is 0 Å². The highest BCUT2D eigenvalue weighted by molar-refractivity contribution is 5.49. The van der Waals surface area contributed by atoms with E-state index in [2.05, 4.69) is 5.32 Å². The first-order valence-electron chi connectivity index (χ1n) is 7.08. The minimum absolute atomic E-state index is 0.0314. The van der Waals surface area contributed by atoms with Gasteiger partial charge in [-0.3, -0.25) is 10.1 Å². The summed E-state index contributed by atoms with van der Waals surface area (Å²) in [4.78, 5) is 10.7. The quantitative estimate of drug-likeness (QED) is 0.618. The van der Waals surface area contributed by atoms with E-state index in [1.165, 1.54) is 13.2 Å². The summed E-state index contributed by atoms with van der Waals surface area (Å²) in [6.07, 6.45) is 0. The molecule has 0 aliphatic heterocycles. The molecule has 0 radical (unpaired) electrons. The summed E-state index contributed by atoms with van der Waals surface area (Å²) in [5.41, 5.74) is 0.304. The Hall–Kier alpha value is -1.69. The Labute approximate surface area is 124 Å². The van der Waals surface area contributed by atoms with Crippen molar-refractivity contribution in [3.63, 3.8) is 0 Å². The van der Waals surface area contributed by atoms with E-state index in [0.29, 0.717) is 5.56 Å². The molecule has 2 unspecified atom stereocenters. The van der Waals surface area contributed by atoms with Crippen molar-refractivity contribution in [3.05, 3.63) is 33.6 Å². The third-order valence-electron chi connectivity index (χ3n) is 3.64. The molecule has 6 heteroatoms. The number of ether oxygens (including phenoxy) is 1. The molecular formula is C15H23FN2O3. The number of likely N-dealkylation sites (N-methyl/N-ethyl adjacent to an activating group) is 1. The molecule has 0 aliphatic carbocycles. The molecule has 1 aromatic rings. The second-order valence-electron chi connectivity index (χ2n) is 5.42. The minimum Gasteiger partial charge on any atom is -0.494 e. The number of nitrogens with one attached hydrogen (secondary N) is 1. The average Bonchev–Trinajstić information content (AvgIpc) is 2.39. The van der Waals surface area contributed by atoms with Crippen LogP contribution < -0.4 is 10.1 Å². The van der Waals surface area contributed by atoms with Crippen molar-refractivity contribution in [2.24, 2.45) is 5.92 Å². The van der Waals surface area contributed by atoms with E-state index in [-0.39, 0.29) is 29.3 Å². The van der Waals surface area contributed by atoms with Crippen LogP contribution in [0.15, 0.2) is 12.1 Å². The molecule has 2 atom stereocenters. The summed E-state index contributed by atoms with van der Waals surface area (Å²) in [6, 6.07) is 2.43. The highest BCUT2D eigenvalue weighted by Crippen LogP contribution is 2.38. The summed E-state index contributed by atoms with van der Waals surface area (Å²) in [5, 5.41) is 14.5. The molecule has 118 valence electrons. The zero-order valence-corrected chi connectivity index (χ0v) is 13.1. The van der Waals surface area contributed by atoms with Gasteiger partial charge < -0.3 is 10.1 Å². The molecule has 0 heterocycles. The molecule has 21 heavy (non-hydrogen) atoms. The molecule has 0 fully saturated rings. The molecule has 0 spiro atoms. The zero-order chi connectivity index (χ0) is 16.2. The summed E-state index contributed by atoms with van der Waals surface area (Å²) in [6.45, 7) is 8.72. The fourth-order valence-corrected chi connectivity index (χ4v) is 2.79. The van der Waals surface area contributed by atoms with Gasteiger partial charge in [-0.25, -0.2) is 4.39 Å². The van der Waals surface area contributed by atoms with Crippen molar-refractivity contribution in [2.45, 2.75) is 39.7 Å². The summed E-state index contributed by atoms with van der Waals surface area (Å²) in [5.74, 6) is -0.635. The van der Waals surface area contributed by atoms with Gasteiger partial charge in [-0.1, -0.05) is 20.8 Å². The number of benzene rings is 1. The van der Waals surface area contributed by atoms with Gasteiger partial charge in [-0.2, -0.15) is 0 Å². The molecule has 0 aliphatic rings. The number of nitro groups is 1. The van der Waals surface area contributed by atoms with Gasteiger partial charge in [0, 0.05) is 17.5 Å². The van der Waals surface area contributed by atoms with Crippen LogP contribution in [0.3, 0.4) is 0 Å². The molecule has 0 amide bonds. The maximum Gasteiger partial charge on any atom is 0.276 e. The highest BCUT2D eigenvalue weighted by Gasteiger charge is 2.30. The third kappa shape index (κ3) is 3.91. The Kier molecular flexibility index (Phi) is 6.08. The first-order valence-corrected chi connectivity index (χ1v) is 7.08. The van der Waals surface area contributed by atoms with Crippen LogP contribution in [-0.4, -0.2) is 24.6 Å². The zero-order valence-electron chi connectivity index (χ0n) is 13.1. The van der Waals surface area contributed by atoms with Crippen LogP contribution >= 0.6 is 0 Å². The standard InChI is InChI=1S/C15H23FN2O3/c1-6-17-10(4)15(9(2)3)11-7-14(21-5)12(16)8-13(11)18(19)20/h7-10,15,17H,6H2,1-5H3. The van der Waals surface area contributed by atoms with E-state index in [1.54, 1.807) is 0 Å². The van der Waals surface area contributed by atoms with Crippen LogP contribution in [0.2, 0.25) is 0 Å². The van der Waals surface area contributed by atoms with Crippen molar-refractivity contribution in [1.82, 2.24) is 5.32 Å². The van der Waals surface area contributed by atoms with Crippen LogP contribution in [0.1, 0.15) is 39.2 Å². The van der Waals surface area contributed by atoms with E-state index < -0.39 is 10.7 Å². The number of hydrogen-bond acceptors (Lipinski definition) is 4. The van der Waals surface area contributed by atoms with E-state index >= 15 is 0 Å². The van der Waals surface area contributed by atoms with E-state index in [4.69, 9.17) is 4.74 Å². The Morgan fingerprint density at radius 2 is 2.00 bits per heavy atom. The molecule has 1 N–H and O–H groups in total. The lowest BCUT2D eigenvalue weighted by atomic mass is 9.82. The van der Waals surface area contributed by atoms with Gasteiger partial charge in [-0.15, -0.1) is 0 Å². The number of rotatable bonds is 7. The van der Waals surface area contributed by atoms with Gasteiger partial charge in [0.2, 0.25) is 0 Å². The van der Waals surface area contributed by atoms with Gasteiger partial charge in [-0.05, 0) is 25.5 Å². The molecule has 1 rings (SSSR count). The maximum absolute atomic E-state index is 13.8. The number of halogens is 1. The number of hydrogen-bond donors (Lipinski definition) is 1. The molecule has 0 aromatic heterocycles. The van der Waals surface area contributed by atoms with Gasteiger partial charge >= 0.3 is 0 Å². The van der Waals surface area contributed by atoms with Gasteiger partial charge in [0.25, 0.3) is 5.69 Å². The van der Waals surface area contributed by atoms with Crippen molar-refractivity contribution < 1.29 is 14.1 Å². The summed E-state index contributed by atoms with van der Waals surface area (Å²) in [7, 11) is 1.35. The number of nitrogens with zero attached hydrogens (tertiary/aromatic N) is 1. The monoisotopic (exact) mass is 298 g/mol. The lowest BCUT2D eigenvalue weighted by Crippen LogP contribution is -2.34. The van der Waals surface area contributed by atoms with E-state index in [9.17, 15) is 14.5 Å². The molecule has 0 bridgehead atoms. The van der Waals surface area contributed by atoms with Crippen LogP contribution in [0, 0.1) is 21.8 Å². The van der Waals surface area contributed by atoms with Crippen molar-refractivity contribution in [2.75, 3.05) is 13.7 Å². The SMILES string of the molecule is CCNC(C)C(c1cc(OC)c(F)cc1[N+](=O)[O-])C(C)C. The second kappa shape index (κ2) is 7.36. The van der Waals surface area contributed by atoms with Crippen molar-refractivity contribution >= 4 is 5.69 Å². The maximum atomic E-state index is 13.8. The minimum atomic E-state index is -0.716. The smallest absolute Gasteiger partial charge is 0.276 e. The molecular weight excluding hydrogens is 275 g/mol. The van der Waals surface area contributed by atoms with Crippen LogP contribution in [-0.2, 0) is 0 Å². The lowest BCUT2D eigenvalue weighted by Gasteiger charge is -2.28. The lowest BCUT2D eigenvalue weighted by molar-refractivity contribution is -0.386. The first-order chi connectivity index (χ1) is 9.83. The topological polar surface area (TPSA) is 64.4 Å².